The standard InChI is InChI=1S/C23H19ClN2O3/c1-14-11-15(5-7-17(14)24)18-3-2-4-21(25-18)26-22(27)23(9-10-23)16-6-8-19-20(12-16)29-13-28-19/h2-8,11-12H,9-10,13H2,1H3,(H,25,26,27). The molecule has 0 saturated heterocycles. The molecule has 3 aromatic rings. The summed E-state index contributed by atoms with van der Waals surface area (Å²) in [6.07, 6.45) is 1.60. The van der Waals surface area contributed by atoms with Crippen LogP contribution in [0.5, 0.6) is 11.5 Å². The molecule has 1 aliphatic carbocycles. The molecule has 2 aliphatic rings. The Morgan fingerprint density at radius 3 is 2.69 bits per heavy atom. The molecule has 0 bridgehead atoms. The van der Waals surface area contributed by atoms with Crippen LogP contribution in [0.15, 0.2) is 54.6 Å². The molecule has 1 aliphatic heterocycles. The fourth-order valence-corrected chi connectivity index (χ4v) is 3.79. The number of hydrogen-bond donors (Lipinski definition) is 1. The molecule has 1 saturated carbocycles. The number of nitrogens with zero attached hydrogens (tertiary/aromatic N) is 1. The monoisotopic (exact) mass is 406 g/mol. The van der Waals surface area contributed by atoms with Gasteiger partial charge >= 0.3 is 0 Å². The maximum Gasteiger partial charge on any atom is 0.236 e. The minimum absolute atomic E-state index is 0.0479. The molecule has 0 radical (unpaired) electrons. The Hall–Kier alpha value is -3.05. The summed E-state index contributed by atoms with van der Waals surface area (Å²) in [7, 11) is 0. The summed E-state index contributed by atoms with van der Waals surface area (Å²) >= 11 is 6.12. The van der Waals surface area contributed by atoms with Crippen LogP contribution >= 0.6 is 11.6 Å². The fraction of sp³-hybridized carbons (Fsp3) is 0.217. The van der Waals surface area contributed by atoms with Crippen molar-refractivity contribution in [3.05, 3.63) is 70.7 Å². The van der Waals surface area contributed by atoms with Crippen molar-refractivity contribution >= 4 is 23.3 Å². The first-order valence-electron chi connectivity index (χ1n) is 9.50. The number of benzene rings is 2. The molecule has 2 aromatic carbocycles. The highest BCUT2D eigenvalue weighted by atomic mass is 35.5. The highest BCUT2D eigenvalue weighted by Crippen LogP contribution is 2.51. The average Bonchev–Trinajstić information content (AvgIpc) is 3.41. The lowest BCUT2D eigenvalue weighted by Gasteiger charge is -2.16. The SMILES string of the molecule is Cc1cc(-c2cccc(NC(=O)C3(c4ccc5c(c4)OCO5)CC3)n2)ccc1Cl. The number of aromatic nitrogens is 1. The molecule has 0 spiro atoms. The van der Waals surface area contributed by atoms with Gasteiger partial charge in [-0.15, -0.1) is 0 Å². The third-order valence-electron chi connectivity index (χ3n) is 5.55. The molecule has 1 aromatic heterocycles. The third-order valence-corrected chi connectivity index (χ3v) is 5.98. The predicted octanol–water partition coefficient (Wildman–Crippen LogP) is 5.11. The van der Waals surface area contributed by atoms with Gasteiger partial charge in [0.2, 0.25) is 12.7 Å². The van der Waals surface area contributed by atoms with Crippen molar-refractivity contribution < 1.29 is 14.3 Å². The maximum atomic E-state index is 13.1. The smallest absolute Gasteiger partial charge is 0.236 e. The second-order valence-corrected chi connectivity index (χ2v) is 7.88. The van der Waals surface area contributed by atoms with Crippen molar-refractivity contribution in [1.82, 2.24) is 4.98 Å². The van der Waals surface area contributed by atoms with E-state index in [4.69, 9.17) is 21.1 Å². The summed E-state index contributed by atoms with van der Waals surface area (Å²) in [5, 5.41) is 3.72. The van der Waals surface area contributed by atoms with Crippen LogP contribution in [-0.2, 0) is 10.2 Å². The summed E-state index contributed by atoms with van der Waals surface area (Å²) in [6, 6.07) is 17.1. The molecular weight excluding hydrogens is 388 g/mol. The second kappa shape index (κ2) is 6.78. The lowest BCUT2D eigenvalue weighted by molar-refractivity contribution is -0.118. The first kappa shape index (κ1) is 18.0. The number of hydrogen-bond acceptors (Lipinski definition) is 4. The van der Waals surface area contributed by atoms with E-state index < -0.39 is 5.41 Å². The Morgan fingerprint density at radius 2 is 1.90 bits per heavy atom. The van der Waals surface area contributed by atoms with Gasteiger partial charge in [0.15, 0.2) is 11.5 Å². The highest BCUT2D eigenvalue weighted by molar-refractivity contribution is 6.31. The Morgan fingerprint density at radius 1 is 1.07 bits per heavy atom. The summed E-state index contributed by atoms with van der Waals surface area (Å²) < 4.78 is 10.8. The van der Waals surface area contributed by atoms with Gasteiger partial charge in [-0.3, -0.25) is 4.79 Å². The number of rotatable bonds is 4. The normalized spacial score (nSPS) is 15.8. The molecule has 0 atom stereocenters. The van der Waals surface area contributed by atoms with E-state index in [1.165, 1.54) is 0 Å². The number of fused-ring (bicyclic) bond motifs is 1. The van der Waals surface area contributed by atoms with Crippen LogP contribution in [0.4, 0.5) is 5.82 Å². The van der Waals surface area contributed by atoms with E-state index in [0.29, 0.717) is 11.6 Å². The van der Waals surface area contributed by atoms with Crippen LogP contribution in [0.25, 0.3) is 11.3 Å². The number of carbonyl (C=O) groups is 1. The van der Waals surface area contributed by atoms with Crippen LogP contribution < -0.4 is 14.8 Å². The summed E-state index contributed by atoms with van der Waals surface area (Å²) in [5.41, 5.74) is 3.15. The van der Waals surface area contributed by atoms with Crippen LogP contribution in [-0.4, -0.2) is 17.7 Å². The molecule has 1 fully saturated rings. The van der Waals surface area contributed by atoms with Gasteiger partial charge in [0.25, 0.3) is 0 Å². The highest BCUT2D eigenvalue weighted by Gasteiger charge is 2.51. The zero-order valence-corrected chi connectivity index (χ0v) is 16.6. The molecule has 5 rings (SSSR count). The van der Waals surface area contributed by atoms with Crippen LogP contribution in [0.3, 0.4) is 0 Å². The largest absolute Gasteiger partial charge is 0.454 e. The zero-order valence-electron chi connectivity index (χ0n) is 15.9. The summed E-state index contributed by atoms with van der Waals surface area (Å²) in [5.74, 6) is 1.90. The fourth-order valence-electron chi connectivity index (χ4n) is 3.67. The van der Waals surface area contributed by atoms with E-state index in [2.05, 4.69) is 10.3 Å². The van der Waals surface area contributed by atoms with Crippen molar-refractivity contribution in [3.8, 4) is 22.8 Å². The third kappa shape index (κ3) is 3.21. The van der Waals surface area contributed by atoms with Gasteiger partial charge in [0, 0.05) is 10.6 Å². The quantitative estimate of drug-likeness (QED) is 0.654. The minimum atomic E-state index is -0.532. The summed E-state index contributed by atoms with van der Waals surface area (Å²) in [6.45, 7) is 2.18. The molecular formula is C23H19ClN2O3. The number of amides is 1. The second-order valence-electron chi connectivity index (χ2n) is 7.48. The van der Waals surface area contributed by atoms with Crippen LogP contribution in [0, 0.1) is 6.92 Å². The molecule has 146 valence electrons. The Labute approximate surface area is 173 Å². The molecule has 29 heavy (non-hydrogen) atoms. The van der Waals surface area contributed by atoms with Crippen molar-refractivity contribution in [1.29, 1.82) is 0 Å². The van der Waals surface area contributed by atoms with Gasteiger partial charge in [-0.2, -0.15) is 0 Å². The lowest BCUT2D eigenvalue weighted by Crippen LogP contribution is -2.28. The summed E-state index contributed by atoms with van der Waals surface area (Å²) in [4.78, 5) is 17.7. The van der Waals surface area contributed by atoms with Gasteiger partial charge < -0.3 is 14.8 Å². The Balaban J connectivity index is 1.39. The number of aryl methyl sites for hydroxylation is 1. The van der Waals surface area contributed by atoms with Crippen molar-refractivity contribution in [2.24, 2.45) is 0 Å². The first-order valence-corrected chi connectivity index (χ1v) is 9.88. The van der Waals surface area contributed by atoms with Crippen LogP contribution in [0.2, 0.25) is 5.02 Å². The number of anilines is 1. The van der Waals surface area contributed by atoms with E-state index >= 15 is 0 Å². The van der Waals surface area contributed by atoms with Crippen LogP contribution in [0.1, 0.15) is 24.0 Å². The number of nitrogens with one attached hydrogen (secondary N) is 1. The van der Waals surface area contributed by atoms with E-state index in [0.717, 1.165) is 46.0 Å². The van der Waals surface area contributed by atoms with Gasteiger partial charge in [0.05, 0.1) is 11.1 Å². The van der Waals surface area contributed by atoms with E-state index in [9.17, 15) is 4.79 Å². The van der Waals surface area contributed by atoms with Crippen molar-refractivity contribution in [2.45, 2.75) is 25.2 Å². The number of ether oxygens (including phenoxy) is 2. The Bertz CT molecular complexity index is 1120. The van der Waals surface area contributed by atoms with E-state index in [1.54, 1.807) is 6.07 Å². The van der Waals surface area contributed by atoms with E-state index in [1.807, 2.05) is 55.5 Å². The van der Waals surface area contributed by atoms with Gasteiger partial charge in [-0.05, 0) is 67.3 Å². The molecule has 6 heteroatoms. The van der Waals surface area contributed by atoms with Crippen molar-refractivity contribution in [2.75, 3.05) is 12.1 Å². The molecule has 0 unspecified atom stereocenters. The first-order chi connectivity index (χ1) is 14.0. The number of pyridine rings is 1. The van der Waals surface area contributed by atoms with Gasteiger partial charge in [0.1, 0.15) is 5.82 Å². The minimum Gasteiger partial charge on any atom is -0.454 e. The van der Waals surface area contributed by atoms with Crippen molar-refractivity contribution in [3.63, 3.8) is 0 Å². The molecule has 1 amide bonds. The topological polar surface area (TPSA) is 60.5 Å². The average molecular weight is 407 g/mol. The lowest BCUT2D eigenvalue weighted by atomic mass is 9.94. The number of carbonyl (C=O) groups excluding carboxylic acids is 1. The Kier molecular flexibility index (Phi) is 4.21. The predicted molar refractivity (Wildman–Crippen MR) is 112 cm³/mol. The molecule has 5 nitrogen and oxygen atoms in total. The van der Waals surface area contributed by atoms with Gasteiger partial charge in [-0.1, -0.05) is 29.8 Å². The molecule has 2 heterocycles. The zero-order chi connectivity index (χ0) is 20.0. The number of halogens is 1. The van der Waals surface area contributed by atoms with E-state index in [-0.39, 0.29) is 12.7 Å². The molecule has 1 N–H and O–H groups in total. The maximum absolute atomic E-state index is 13.1. The van der Waals surface area contributed by atoms with Gasteiger partial charge in [-0.25, -0.2) is 4.98 Å².